The van der Waals surface area contributed by atoms with Crippen molar-refractivity contribution < 1.29 is 5.11 Å². The summed E-state index contributed by atoms with van der Waals surface area (Å²) in [5.74, 6) is -0.0742. The van der Waals surface area contributed by atoms with Crippen LogP contribution in [-0.2, 0) is 0 Å². The van der Waals surface area contributed by atoms with E-state index in [1.807, 2.05) is 6.07 Å². The Bertz CT molecular complexity index is 546. The van der Waals surface area contributed by atoms with Crippen molar-refractivity contribution >= 4 is 22.5 Å². The molecule has 0 fully saturated rings. The lowest BCUT2D eigenvalue weighted by Gasteiger charge is -2.01. The van der Waals surface area contributed by atoms with Gasteiger partial charge in [0, 0.05) is 11.6 Å². The first-order valence-corrected chi connectivity index (χ1v) is 4.27. The molecule has 0 saturated heterocycles. The number of hydrogen-bond donors (Lipinski definition) is 1. The number of halogens is 1. The summed E-state index contributed by atoms with van der Waals surface area (Å²) in [5, 5.41) is 19.3. The van der Waals surface area contributed by atoms with Crippen LogP contribution in [0, 0.1) is 11.3 Å². The van der Waals surface area contributed by atoms with Gasteiger partial charge in [0.1, 0.15) is 11.8 Å². The van der Waals surface area contributed by atoms with Crippen molar-refractivity contribution in [2.24, 2.45) is 0 Å². The van der Waals surface area contributed by atoms with Crippen molar-refractivity contribution in [3.8, 4) is 11.8 Å². The monoisotopic (exact) mass is 204 g/mol. The number of nitrogens with zero attached hydrogens (tertiary/aromatic N) is 2. The molecule has 1 aromatic carbocycles. The van der Waals surface area contributed by atoms with Crippen molar-refractivity contribution in [1.29, 1.82) is 5.26 Å². The zero-order chi connectivity index (χ0) is 10.1. The number of phenolic OH excluding ortho intramolecular Hbond substituents is 1. The molecule has 0 aliphatic rings. The molecule has 0 bridgehead atoms. The van der Waals surface area contributed by atoms with Crippen LogP contribution < -0.4 is 0 Å². The second-order valence-corrected chi connectivity index (χ2v) is 3.20. The number of aromatic nitrogens is 1. The smallest absolute Gasteiger partial charge is 0.134 e. The highest BCUT2D eigenvalue weighted by Gasteiger charge is 2.05. The van der Waals surface area contributed by atoms with Crippen LogP contribution >= 0.6 is 11.6 Å². The predicted molar refractivity (Wildman–Crippen MR) is 53.1 cm³/mol. The highest BCUT2D eigenvalue weighted by molar-refractivity contribution is 6.35. The Morgan fingerprint density at radius 2 is 2.21 bits per heavy atom. The number of rotatable bonds is 0. The lowest BCUT2D eigenvalue weighted by molar-refractivity contribution is 0.474. The molecule has 68 valence electrons. The second-order valence-electron chi connectivity index (χ2n) is 2.79. The van der Waals surface area contributed by atoms with Crippen molar-refractivity contribution in [2.75, 3.05) is 0 Å². The average Bonchev–Trinajstić information content (AvgIpc) is 2.19. The van der Waals surface area contributed by atoms with E-state index in [9.17, 15) is 5.11 Å². The van der Waals surface area contributed by atoms with E-state index in [2.05, 4.69) is 4.98 Å². The third-order valence-electron chi connectivity index (χ3n) is 1.93. The van der Waals surface area contributed by atoms with Gasteiger partial charge in [-0.3, -0.25) is 4.98 Å². The Kier molecular flexibility index (Phi) is 1.99. The van der Waals surface area contributed by atoms with E-state index >= 15 is 0 Å². The molecule has 1 N–H and O–H groups in total. The van der Waals surface area contributed by atoms with E-state index in [-0.39, 0.29) is 11.3 Å². The molecule has 0 aliphatic heterocycles. The molecule has 1 heterocycles. The molecule has 1 aromatic heterocycles. The van der Waals surface area contributed by atoms with Gasteiger partial charge in [0.25, 0.3) is 0 Å². The highest BCUT2D eigenvalue weighted by Crippen LogP contribution is 2.27. The molecule has 0 aliphatic carbocycles. The minimum Gasteiger partial charge on any atom is -0.507 e. The fourth-order valence-electron chi connectivity index (χ4n) is 1.24. The molecule has 14 heavy (non-hydrogen) atoms. The first-order chi connectivity index (χ1) is 6.72. The molecule has 0 amide bonds. The van der Waals surface area contributed by atoms with E-state index in [4.69, 9.17) is 16.9 Å². The van der Waals surface area contributed by atoms with Gasteiger partial charge in [0.15, 0.2) is 0 Å². The Morgan fingerprint density at radius 3 is 2.93 bits per heavy atom. The molecule has 2 aromatic rings. The minimum atomic E-state index is -0.0742. The zero-order valence-corrected chi connectivity index (χ0v) is 7.78. The summed E-state index contributed by atoms with van der Waals surface area (Å²) in [6, 6.07) is 6.47. The van der Waals surface area contributed by atoms with Gasteiger partial charge in [0.2, 0.25) is 0 Å². The molecule has 3 nitrogen and oxygen atoms in total. The summed E-state index contributed by atoms with van der Waals surface area (Å²) in [7, 11) is 0. The summed E-state index contributed by atoms with van der Waals surface area (Å²) >= 11 is 5.89. The van der Waals surface area contributed by atoms with Crippen LogP contribution in [0.15, 0.2) is 24.4 Å². The van der Waals surface area contributed by atoms with Gasteiger partial charge in [-0.1, -0.05) is 11.6 Å². The van der Waals surface area contributed by atoms with Crippen LogP contribution in [0.3, 0.4) is 0 Å². The molecule has 0 spiro atoms. The fraction of sp³-hybridized carbons (Fsp3) is 0. The molecule has 0 atom stereocenters. The highest BCUT2D eigenvalue weighted by atomic mass is 35.5. The zero-order valence-electron chi connectivity index (χ0n) is 7.03. The Hall–Kier alpha value is -1.79. The van der Waals surface area contributed by atoms with Crippen LogP contribution in [0.4, 0.5) is 0 Å². The minimum absolute atomic E-state index is 0.0742. The first-order valence-electron chi connectivity index (χ1n) is 3.89. The third-order valence-corrected chi connectivity index (χ3v) is 2.26. The number of benzene rings is 1. The van der Waals surface area contributed by atoms with Gasteiger partial charge >= 0.3 is 0 Å². The van der Waals surface area contributed by atoms with Crippen molar-refractivity contribution in [3.63, 3.8) is 0 Å². The van der Waals surface area contributed by atoms with Gasteiger partial charge in [-0.15, -0.1) is 0 Å². The summed E-state index contributed by atoms with van der Waals surface area (Å²) in [4.78, 5) is 4.05. The quantitative estimate of drug-likeness (QED) is 0.717. The largest absolute Gasteiger partial charge is 0.507 e. The third kappa shape index (κ3) is 1.26. The maximum Gasteiger partial charge on any atom is 0.134 e. The van der Waals surface area contributed by atoms with E-state index < -0.39 is 0 Å². The second kappa shape index (κ2) is 3.17. The molecule has 0 radical (unpaired) electrons. The Morgan fingerprint density at radius 1 is 1.43 bits per heavy atom. The average molecular weight is 205 g/mol. The molecular formula is C10H5ClN2O. The number of phenols is 1. The number of aromatic hydroxyl groups is 1. The molecular weight excluding hydrogens is 200 g/mol. The van der Waals surface area contributed by atoms with Crippen LogP contribution in [0.25, 0.3) is 10.9 Å². The van der Waals surface area contributed by atoms with Crippen molar-refractivity contribution in [1.82, 2.24) is 4.98 Å². The normalized spacial score (nSPS) is 10.0. The van der Waals surface area contributed by atoms with E-state index in [1.165, 1.54) is 12.1 Å². The topological polar surface area (TPSA) is 56.9 Å². The van der Waals surface area contributed by atoms with Crippen LogP contribution in [0.1, 0.15) is 5.56 Å². The molecule has 0 unspecified atom stereocenters. The summed E-state index contributed by atoms with van der Waals surface area (Å²) < 4.78 is 0. The summed E-state index contributed by atoms with van der Waals surface area (Å²) in [5.41, 5.74) is 0.805. The van der Waals surface area contributed by atoms with E-state index in [0.717, 1.165) is 0 Å². The van der Waals surface area contributed by atoms with Crippen molar-refractivity contribution in [3.05, 3.63) is 35.0 Å². The van der Waals surface area contributed by atoms with Gasteiger partial charge in [-0.2, -0.15) is 5.26 Å². The first kappa shape index (κ1) is 8.79. The summed E-state index contributed by atoms with van der Waals surface area (Å²) in [6.45, 7) is 0. The lowest BCUT2D eigenvalue weighted by atomic mass is 10.1. The predicted octanol–water partition coefficient (Wildman–Crippen LogP) is 2.47. The van der Waals surface area contributed by atoms with Gasteiger partial charge in [-0.05, 0) is 18.2 Å². The SMILES string of the molecule is N#Cc1cc2nccc(Cl)c2cc1O. The Labute approximate surface area is 85.2 Å². The molecule has 4 heteroatoms. The number of pyridine rings is 1. The fourth-order valence-corrected chi connectivity index (χ4v) is 1.44. The van der Waals surface area contributed by atoms with Crippen LogP contribution in [0.2, 0.25) is 5.02 Å². The molecule has 0 saturated carbocycles. The lowest BCUT2D eigenvalue weighted by Crippen LogP contribution is -1.82. The van der Waals surface area contributed by atoms with E-state index in [0.29, 0.717) is 15.9 Å². The number of hydrogen-bond acceptors (Lipinski definition) is 3. The van der Waals surface area contributed by atoms with Gasteiger partial charge in [0.05, 0.1) is 16.1 Å². The van der Waals surface area contributed by atoms with Crippen LogP contribution in [0.5, 0.6) is 5.75 Å². The van der Waals surface area contributed by atoms with Crippen LogP contribution in [-0.4, -0.2) is 10.1 Å². The number of fused-ring (bicyclic) bond motifs is 1. The van der Waals surface area contributed by atoms with E-state index in [1.54, 1.807) is 12.3 Å². The van der Waals surface area contributed by atoms with Gasteiger partial charge < -0.3 is 5.11 Å². The Balaban J connectivity index is 2.88. The maximum atomic E-state index is 9.42. The molecule has 2 rings (SSSR count). The van der Waals surface area contributed by atoms with Gasteiger partial charge in [-0.25, -0.2) is 0 Å². The summed E-state index contributed by atoms with van der Waals surface area (Å²) in [6.07, 6.45) is 1.56. The number of nitriles is 1. The maximum absolute atomic E-state index is 9.42. The van der Waals surface area contributed by atoms with Crippen molar-refractivity contribution in [2.45, 2.75) is 0 Å². The standard InChI is InChI=1S/C10H5ClN2O/c11-8-1-2-13-9-3-6(5-12)10(14)4-7(8)9/h1-4,14H.